The first-order chi connectivity index (χ1) is 11.2. The smallest absolute Gasteiger partial charge is 0.353 e. The van der Waals surface area contributed by atoms with Gasteiger partial charge < -0.3 is 10.6 Å². The Balaban J connectivity index is 1.79. The molecule has 23 heavy (non-hydrogen) atoms. The quantitative estimate of drug-likeness (QED) is 0.623. The first kappa shape index (κ1) is 15.1. The van der Waals surface area contributed by atoms with E-state index < -0.39 is 4.92 Å². The minimum atomic E-state index is -0.442. The number of nitrogens with zero attached hydrogens (tertiary/aromatic N) is 4. The Morgan fingerprint density at radius 1 is 1.26 bits per heavy atom. The van der Waals surface area contributed by atoms with Crippen LogP contribution in [0.25, 0.3) is 0 Å². The molecule has 1 fully saturated rings. The van der Waals surface area contributed by atoms with Crippen LogP contribution >= 0.6 is 0 Å². The largest absolute Gasteiger partial charge is 0.361 e. The standard InChI is InChI=1S/C15H18N6O2/c22-21(23)13-14(17-9-11-4-3-7-16-8-11)18-10-19-15(13)20-12-5-1-2-6-12/h3-4,7-8,10,12H,1-2,5-6,9H2,(H2,17,18,19,20). The van der Waals surface area contributed by atoms with Gasteiger partial charge in [-0.1, -0.05) is 18.9 Å². The lowest BCUT2D eigenvalue weighted by Gasteiger charge is -2.14. The van der Waals surface area contributed by atoms with E-state index in [1.807, 2.05) is 12.1 Å². The molecule has 0 unspecified atom stereocenters. The topological polar surface area (TPSA) is 106 Å². The van der Waals surface area contributed by atoms with Crippen LogP contribution in [0, 0.1) is 10.1 Å². The number of aromatic nitrogens is 3. The van der Waals surface area contributed by atoms with Gasteiger partial charge in [0.05, 0.1) is 4.92 Å². The molecule has 0 amide bonds. The van der Waals surface area contributed by atoms with Crippen LogP contribution in [0.1, 0.15) is 31.2 Å². The van der Waals surface area contributed by atoms with Crippen LogP contribution in [0.4, 0.5) is 17.3 Å². The summed E-state index contributed by atoms with van der Waals surface area (Å²) in [6.45, 7) is 0.411. The number of nitrogens with one attached hydrogen (secondary N) is 2. The van der Waals surface area contributed by atoms with Crippen molar-refractivity contribution in [2.75, 3.05) is 10.6 Å². The Kier molecular flexibility index (Phi) is 4.60. The fraction of sp³-hybridized carbons (Fsp3) is 0.400. The second-order valence-corrected chi connectivity index (χ2v) is 5.52. The fourth-order valence-corrected chi connectivity index (χ4v) is 2.74. The summed E-state index contributed by atoms with van der Waals surface area (Å²) in [5.74, 6) is 0.500. The van der Waals surface area contributed by atoms with Crippen molar-refractivity contribution >= 4 is 17.3 Å². The molecule has 2 aromatic heterocycles. The summed E-state index contributed by atoms with van der Waals surface area (Å²) >= 11 is 0. The molecule has 8 heteroatoms. The third-order valence-corrected chi connectivity index (χ3v) is 3.88. The Hall–Kier alpha value is -2.77. The maximum absolute atomic E-state index is 11.5. The van der Waals surface area contributed by atoms with Crippen molar-refractivity contribution in [3.63, 3.8) is 0 Å². The SMILES string of the molecule is O=[N+]([O-])c1c(NCc2cccnc2)ncnc1NC1CCCC1. The number of anilines is 2. The normalized spacial score (nSPS) is 14.6. The summed E-state index contributed by atoms with van der Waals surface area (Å²) in [6, 6.07) is 3.96. The Bertz CT molecular complexity index is 673. The molecular formula is C15H18N6O2. The van der Waals surface area contributed by atoms with Crippen LogP contribution in [0.5, 0.6) is 0 Å². The van der Waals surface area contributed by atoms with E-state index in [4.69, 9.17) is 0 Å². The van der Waals surface area contributed by atoms with Crippen LogP contribution in [0.15, 0.2) is 30.9 Å². The van der Waals surface area contributed by atoms with E-state index in [2.05, 4.69) is 25.6 Å². The minimum Gasteiger partial charge on any atom is -0.361 e. The summed E-state index contributed by atoms with van der Waals surface area (Å²) in [7, 11) is 0. The monoisotopic (exact) mass is 314 g/mol. The van der Waals surface area contributed by atoms with E-state index in [1.54, 1.807) is 12.4 Å². The number of nitro groups is 1. The average molecular weight is 314 g/mol. The predicted molar refractivity (Wildman–Crippen MR) is 86.1 cm³/mol. The zero-order valence-corrected chi connectivity index (χ0v) is 12.6. The molecule has 1 saturated carbocycles. The molecule has 2 aromatic rings. The van der Waals surface area contributed by atoms with Crippen molar-refractivity contribution in [1.29, 1.82) is 0 Å². The highest BCUT2D eigenvalue weighted by Gasteiger charge is 2.25. The van der Waals surface area contributed by atoms with Crippen molar-refractivity contribution in [3.05, 3.63) is 46.5 Å². The molecule has 0 saturated heterocycles. The van der Waals surface area contributed by atoms with E-state index >= 15 is 0 Å². The Morgan fingerprint density at radius 3 is 2.74 bits per heavy atom. The highest BCUT2D eigenvalue weighted by Crippen LogP contribution is 2.31. The molecule has 1 aliphatic rings. The second-order valence-electron chi connectivity index (χ2n) is 5.52. The molecule has 8 nitrogen and oxygen atoms in total. The molecule has 0 aromatic carbocycles. The molecule has 2 N–H and O–H groups in total. The van der Waals surface area contributed by atoms with Gasteiger partial charge in [0.15, 0.2) is 0 Å². The lowest BCUT2D eigenvalue weighted by Crippen LogP contribution is -2.18. The first-order valence-electron chi connectivity index (χ1n) is 7.63. The summed E-state index contributed by atoms with van der Waals surface area (Å²) in [4.78, 5) is 23.1. The van der Waals surface area contributed by atoms with E-state index in [9.17, 15) is 10.1 Å². The maximum atomic E-state index is 11.5. The number of hydrogen-bond donors (Lipinski definition) is 2. The zero-order chi connectivity index (χ0) is 16.1. The van der Waals surface area contributed by atoms with Gasteiger partial charge in [-0.2, -0.15) is 0 Å². The molecule has 2 heterocycles. The van der Waals surface area contributed by atoms with Gasteiger partial charge in [-0.15, -0.1) is 0 Å². The van der Waals surface area contributed by atoms with Gasteiger partial charge in [-0.3, -0.25) is 15.1 Å². The van der Waals surface area contributed by atoms with Gasteiger partial charge in [0.25, 0.3) is 0 Å². The molecular weight excluding hydrogens is 296 g/mol. The van der Waals surface area contributed by atoms with Crippen LogP contribution in [0.2, 0.25) is 0 Å². The zero-order valence-electron chi connectivity index (χ0n) is 12.6. The third-order valence-electron chi connectivity index (χ3n) is 3.88. The lowest BCUT2D eigenvalue weighted by molar-refractivity contribution is -0.383. The maximum Gasteiger partial charge on any atom is 0.353 e. The number of pyridine rings is 1. The molecule has 0 atom stereocenters. The van der Waals surface area contributed by atoms with Gasteiger partial charge in [-0.25, -0.2) is 9.97 Å². The van der Waals surface area contributed by atoms with E-state index in [1.165, 1.54) is 6.33 Å². The summed E-state index contributed by atoms with van der Waals surface area (Å²) in [5, 5.41) is 17.6. The molecule has 0 spiro atoms. The van der Waals surface area contributed by atoms with Gasteiger partial charge in [-0.05, 0) is 24.5 Å². The average Bonchev–Trinajstić information content (AvgIpc) is 3.06. The molecule has 1 aliphatic carbocycles. The summed E-state index contributed by atoms with van der Waals surface area (Å²) in [6.07, 6.45) is 9.04. The van der Waals surface area contributed by atoms with Crippen molar-refractivity contribution in [2.45, 2.75) is 38.3 Å². The first-order valence-corrected chi connectivity index (χ1v) is 7.63. The third kappa shape index (κ3) is 3.71. The summed E-state index contributed by atoms with van der Waals surface area (Å²) < 4.78 is 0. The predicted octanol–water partition coefficient (Wildman–Crippen LogP) is 2.75. The molecule has 120 valence electrons. The Labute approximate surface area is 133 Å². The molecule has 0 aliphatic heterocycles. The van der Waals surface area contributed by atoms with E-state index in [0.717, 1.165) is 31.2 Å². The second kappa shape index (κ2) is 6.99. The van der Waals surface area contributed by atoms with Crippen molar-refractivity contribution < 1.29 is 4.92 Å². The van der Waals surface area contributed by atoms with Crippen molar-refractivity contribution in [3.8, 4) is 0 Å². The fourth-order valence-electron chi connectivity index (χ4n) is 2.74. The van der Waals surface area contributed by atoms with E-state index in [0.29, 0.717) is 6.54 Å². The lowest BCUT2D eigenvalue weighted by atomic mass is 10.2. The van der Waals surface area contributed by atoms with Gasteiger partial charge >= 0.3 is 5.69 Å². The van der Waals surface area contributed by atoms with Crippen LogP contribution in [-0.2, 0) is 6.54 Å². The molecule has 0 bridgehead atoms. The molecule has 0 radical (unpaired) electrons. The van der Waals surface area contributed by atoms with Crippen LogP contribution < -0.4 is 10.6 Å². The highest BCUT2D eigenvalue weighted by molar-refractivity contribution is 5.69. The number of rotatable bonds is 6. The van der Waals surface area contributed by atoms with Crippen LogP contribution in [0.3, 0.4) is 0 Å². The van der Waals surface area contributed by atoms with Crippen molar-refractivity contribution in [1.82, 2.24) is 15.0 Å². The van der Waals surface area contributed by atoms with Crippen LogP contribution in [-0.4, -0.2) is 25.9 Å². The van der Waals surface area contributed by atoms with E-state index in [-0.39, 0.29) is 23.4 Å². The number of hydrogen-bond acceptors (Lipinski definition) is 7. The van der Waals surface area contributed by atoms with Gasteiger partial charge in [0.2, 0.25) is 11.6 Å². The molecule has 3 rings (SSSR count). The summed E-state index contributed by atoms with van der Waals surface area (Å²) in [5.41, 5.74) is 0.814. The van der Waals surface area contributed by atoms with Gasteiger partial charge in [0.1, 0.15) is 6.33 Å². The van der Waals surface area contributed by atoms with Crippen molar-refractivity contribution in [2.24, 2.45) is 0 Å². The Morgan fingerprint density at radius 2 is 2.04 bits per heavy atom. The minimum absolute atomic E-state index is 0.108. The highest BCUT2D eigenvalue weighted by atomic mass is 16.6. The van der Waals surface area contributed by atoms with Gasteiger partial charge in [0, 0.05) is 25.0 Å².